The van der Waals surface area contributed by atoms with Crippen LogP contribution in [0, 0.1) is 0 Å². The lowest BCUT2D eigenvalue weighted by molar-refractivity contribution is -0.122. The molecule has 0 heterocycles. The Balaban J connectivity index is 2.68. The molecule has 1 amide bonds. The Morgan fingerprint density at radius 3 is 2.50 bits per heavy atom. The highest BCUT2D eigenvalue weighted by Crippen LogP contribution is 2.22. The first-order valence-corrected chi connectivity index (χ1v) is 6.06. The van der Waals surface area contributed by atoms with Gasteiger partial charge >= 0.3 is 0 Å². The van der Waals surface area contributed by atoms with E-state index in [1.807, 2.05) is 30.3 Å². The summed E-state index contributed by atoms with van der Waals surface area (Å²) in [5, 5.41) is 2.75. The highest BCUT2D eigenvalue weighted by atomic mass is 16.1. The first-order valence-electron chi connectivity index (χ1n) is 6.06. The minimum Gasteiger partial charge on any atom is -0.359 e. The van der Waals surface area contributed by atoms with E-state index in [4.69, 9.17) is 0 Å². The predicted octanol–water partition coefficient (Wildman–Crippen LogP) is 3.10. The van der Waals surface area contributed by atoms with Gasteiger partial charge in [-0.15, -0.1) is 0 Å². The molecule has 2 nitrogen and oxygen atoms in total. The zero-order valence-corrected chi connectivity index (χ0v) is 10.2. The quantitative estimate of drug-likeness (QED) is 0.732. The lowest BCUT2D eigenvalue weighted by Crippen LogP contribution is -2.25. The Morgan fingerprint density at radius 2 is 1.94 bits per heavy atom. The van der Waals surface area contributed by atoms with E-state index in [1.165, 1.54) is 12.8 Å². The topological polar surface area (TPSA) is 29.1 Å². The van der Waals surface area contributed by atoms with Crippen LogP contribution in [0.1, 0.15) is 44.1 Å². The molecule has 0 aliphatic rings. The van der Waals surface area contributed by atoms with E-state index >= 15 is 0 Å². The molecule has 0 saturated carbocycles. The number of benzene rings is 1. The van der Waals surface area contributed by atoms with Crippen LogP contribution in [0.25, 0.3) is 0 Å². The average Bonchev–Trinajstić information content (AvgIpc) is 2.35. The summed E-state index contributed by atoms with van der Waals surface area (Å²) in [6.07, 6.45) is 4.44. The molecule has 0 aliphatic carbocycles. The van der Waals surface area contributed by atoms with Crippen molar-refractivity contribution in [2.75, 3.05) is 7.05 Å². The van der Waals surface area contributed by atoms with Crippen molar-refractivity contribution in [1.29, 1.82) is 0 Å². The van der Waals surface area contributed by atoms with Gasteiger partial charge in [0.1, 0.15) is 0 Å². The Morgan fingerprint density at radius 1 is 1.25 bits per heavy atom. The molecule has 1 unspecified atom stereocenters. The number of unbranched alkanes of at least 4 members (excludes halogenated alkanes) is 2. The normalized spacial score (nSPS) is 12.1. The van der Waals surface area contributed by atoms with E-state index in [1.54, 1.807) is 7.05 Å². The number of hydrogen-bond acceptors (Lipinski definition) is 1. The second-order valence-corrected chi connectivity index (χ2v) is 4.07. The summed E-state index contributed by atoms with van der Waals surface area (Å²) < 4.78 is 0. The number of amides is 1. The van der Waals surface area contributed by atoms with Crippen molar-refractivity contribution in [2.45, 2.75) is 38.5 Å². The third-order valence-electron chi connectivity index (χ3n) is 2.86. The summed E-state index contributed by atoms with van der Waals surface area (Å²) in [4.78, 5) is 11.8. The number of carbonyl (C=O) groups excluding carboxylic acids is 1. The second kappa shape index (κ2) is 7.04. The molecule has 88 valence electrons. The minimum absolute atomic E-state index is 0.0118. The van der Waals surface area contributed by atoms with E-state index in [0.717, 1.165) is 18.4 Å². The van der Waals surface area contributed by atoms with Gasteiger partial charge in [0.15, 0.2) is 0 Å². The second-order valence-electron chi connectivity index (χ2n) is 4.07. The van der Waals surface area contributed by atoms with Crippen molar-refractivity contribution < 1.29 is 4.79 Å². The van der Waals surface area contributed by atoms with Crippen LogP contribution in [-0.4, -0.2) is 13.0 Å². The lowest BCUT2D eigenvalue weighted by atomic mass is 9.92. The van der Waals surface area contributed by atoms with Crippen LogP contribution in [0.5, 0.6) is 0 Å². The molecule has 1 rings (SSSR count). The van der Waals surface area contributed by atoms with Gasteiger partial charge in [0.25, 0.3) is 0 Å². The van der Waals surface area contributed by atoms with Gasteiger partial charge in [-0.3, -0.25) is 4.79 Å². The Kier molecular flexibility index (Phi) is 5.62. The summed E-state index contributed by atoms with van der Waals surface area (Å²) in [7, 11) is 1.71. The molecular formula is C14H21NO. The van der Waals surface area contributed by atoms with Crippen LogP contribution in [0.4, 0.5) is 0 Å². The predicted molar refractivity (Wildman–Crippen MR) is 67.4 cm³/mol. The van der Waals surface area contributed by atoms with Gasteiger partial charge in [0.2, 0.25) is 5.91 Å². The molecule has 0 spiro atoms. The first-order chi connectivity index (χ1) is 7.79. The molecular weight excluding hydrogens is 198 g/mol. The smallest absolute Gasteiger partial charge is 0.227 e. The number of likely N-dealkylation sites (N-methyl/N-ethyl adjacent to an activating group) is 1. The van der Waals surface area contributed by atoms with Gasteiger partial charge in [0.05, 0.1) is 5.92 Å². The molecule has 0 saturated heterocycles. The van der Waals surface area contributed by atoms with E-state index in [2.05, 4.69) is 12.2 Å². The first kappa shape index (κ1) is 12.8. The van der Waals surface area contributed by atoms with Crippen molar-refractivity contribution in [3.8, 4) is 0 Å². The molecule has 0 radical (unpaired) electrons. The van der Waals surface area contributed by atoms with Crippen molar-refractivity contribution in [2.24, 2.45) is 0 Å². The molecule has 2 heteroatoms. The van der Waals surface area contributed by atoms with Crippen LogP contribution in [0.15, 0.2) is 30.3 Å². The highest BCUT2D eigenvalue weighted by molar-refractivity contribution is 5.83. The SMILES string of the molecule is CCCCCC(C(=O)NC)c1ccccc1. The Hall–Kier alpha value is -1.31. The van der Waals surface area contributed by atoms with Crippen molar-refractivity contribution in [3.63, 3.8) is 0 Å². The van der Waals surface area contributed by atoms with Crippen LogP contribution < -0.4 is 5.32 Å². The number of rotatable bonds is 6. The fourth-order valence-electron chi connectivity index (χ4n) is 1.91. The monoisotopic (exact) mass is 219 g/mol. The number of carbonyl (C=O) groups is 1. The highest BCUT2D eigenvalue weighted by Gasteiger charge is 2.18. The summed E-state index contributed by atoms with van der Waals surface area (Å²) >= 11 is 0. The van der Waals surface area contributed by atoms with E-state index in [-0.39, 0.29) is 11.8 Å². The Bertz CT molecular complexity index is 308. The van der Waals surface area contributed by atoms with Crippen molar-refractivity contribution in [1.82, 2.24) is 5.32 Å². The maximum atomic E-state index is 11.8. The largest absolute Gasteiger partial charge is 0.359 e. The molecule has 0 bridgehead atoms. The molecule has 1 atom stereocenters. The van der Waals surface area contributed by atoms with Crippen LogP contribution in [-0.2, 0) is 4.79 Å². The third-order valence-corrected chi connectivity index (χ3v) is 2.86. The molecule has 0 aromatic heterocycles. The van der Waals surface area contributed by atoms with E-state index in [0.29, 0.717) is 0 Å². The van der Waals surface area contributed by atoms with Crippen molar-refractivity contribution in [3.05, 3.63) is 35.9 Å². The average molecular weight is 219 g/mol. The van der Waals surface area contributed by atoms with E-state index in [9.17, 15) is 4.79 Å². The zero-order valence-electron chi connectivity index (χ0n) is 10.2. The summed E-state index contributed by atoms with van der Waals surface area (Å²) in [5.74, 6) is 0.139. The van der Waals surface area contributed by atoms with Gasteiger partial charge in [-0.2, -0.15) is 0 Å². The van der Waals surface area contributed by atoms with Crippen LogP contribution in [0.2, 0.25) is 0 Å². The van der Waals surface area contributed by atoms with Gasteiger partial charge in [-0.05, 0) is 12.0 Å². The number of nitrogens with one attached hydrogen (secondary N) is 1. The van der Waals surface area contributed by atoms with Crippen LogP contribution >= 0.6 is 0 Å². The van der Waals surface area contributed by atoms with Gasteiger partial charge in [-0.25, -0.2) is 0 Å². The molecule has 0 fully saturated rings. The summed E-state index contributed by atoms with van der Waals surface area (Å²) in [6.45, 7) is 2.18. The number of hydrogen-bond donors (Lipinski definition) is 1. The third kappa shape index (κ3) is 3.69. The molecule has 1 N–H and O–H groups in total. The maximum absolute atomic E-state index is 11.8. The zero-order chi connectivity index (χ0) is 11.8. The fraction of sp³-hybridized carbons (Fsp3) is 0.500. The lowest BCUT2D eigenvalue weighted by Gasteiger charge is -2.15. The molecule has 16 heavy (non-hydrogen) atoms. The van der Waals surface area contributed by atoms with Gasteiger partial charge in [-0.1, -0.05) is 56.5 Å². The van der Waals surface area contributed by atoms with Crippen molar-refractivity contribution >= 4 is 5.91 Å². The van der Waals surface area contributed by atoms with Gasteiger partial charge < -0.3 is 5.32 Å². The van der Waals surface area contributed by atoms with Gasteiger partial charge in [0, 0.05) is 7.05 Å². The molecule has 1 aromatic rings. The minimum atomic E-state index is 0.0118. The Labute approximate surface area is 98.1 Å². The fourth-order valence-corrected chi connectivity index (χ4v) is 1.91. The standard InChI is InChI=1S/C14H21NO/c1-3-4-6-11-13(14(16)15-2)12-9-7-5-8-10-12/h5,7-10,13H,3-4,6,11H2,1-2H3,(H,15,16). The maximum Gasteiger partial charge on any atom is 0.227 e. The van der Waals surface area contributed by atoms with Crippen LogP contribution in [0.3, 0.4) is 0 Å². The van der Waals surface area contributed by atoms with E-state index < -0.39 is 0 Å². The summed E-state index contributed by atoms with van der Waals surface area (Å²) in [6, 6.07) is 10.0. The summed E-state index contributed by atoms with van der Waals surface area (Å²) in [5.41, 5.74) is 1.12. The molecule has 0 aliphatic heterocycles. The molecule has 1 aromatic carbocycles.